The van der Waals surface area contributed by atoms with Gasteiger partial charge in [0.15, 0.2) is 11.5 Å². The first kappa shape index (κ1) is 21.2. The van der Waals surface area contributed by atoms with Gasteiger partial charge in [0.05, 0.1) is 6.54 Å². The standard InChI is InChI=1S/C24H29N3O4/c1-17-7-9-27(10-8-17)15-19-4-2-3-18(11-19)13-25-23(28)14-26-24(29)20-5-6-21-22(12-20)31-16-30-21/h2-6,11-12,17H,7-10,13-16H2,1H3,(H,25,28)(H,26,29). The van der Waals surface area contributed by atoms with Crippen LogP contribution in [0.15, 0.2) is 42.5 Å². The van der Waals surface area contributed by atoms with Crippen molar-refractivity contribution in [2.24, 2.45) is 5.92 Å². The Bertz CT molecular complexity index is 938. The summed E-state index contributed by atoms with van der Waals surface area (Å²) in [6.45, 7) is 6.05. The van der Waals surface area contributed by atoms with Crippen molar-refractivity contribution < 1.29 is 19.1 Å². The van der Waals surface area contributed by atoms with E-state index in [2.05, 4.69) is 34.6 Å². The van der Waals surface area contributed by atoms with E-state index < -0.39 is 0 Å². The molecule has 2 N–H and O–H groups in total. The van der Waals surface area contributed by atoms with E-state index in [1.807, 2.05) is 12.1 Å². The van der Waals surface area contributed by atoms with Gasteiger partial charge in [0.2, 0.25) is 12.7 Å². The summed E-state index contributed by atoms with van der Waals surface area (Å²) >= 11 is 0. The molecule has 0 unspecified atom stereocenters. The van der Waals surface area contributed by atoms with Gasteiger partial charge in [-0.2, -0.15) is 0 Å². The molecule has 4 rings (SSSR count). The third-order valence-electron chi connectivity index (χ3n) is 5.81. The van der Waals surface area contributed by atoms with E-state index in [1.54, 1.807) is 18.2 Å². The van der Waals surface area contributed by atoms with E-state index in [4.69, 9.17) is 9.47 Å². The fourth-order valence-electron chi connectivity index (χ4n) is 3.88. The normalized spacial score (nSPS) is 16.2. The van der Waals surface area contributed by atoms with Gasteiger partial charge in [-0.3, -0.25) is 14.5 Å². The van der Waals surface area contributed by atoms with Crippen LogP contribution in [0, 0.1) is 5.92 Å². The highest BCUT2D eigenvalue weighted by Gasteiger charge is 2.17. The molecular formula is C24H29N3O4. The zero-order chi connectivity index (χ0) is 21.6. The van der Waals surface area contributed by atoms with Crippen molar-refractivity contribution in [2.75, 3.05) is 26.4 Å². The summed E-state index contributed by atoms with van der Waals surface area (Å²) in [5.74, 6) is 1.42. The van der Waals surface area contributed by atoms with Gasteiger partial charge in [0.1, 0.15) is 0 Å². The third kappa shape index (κ3) is 5.76. The number of amides is 2. The summed E-state index contributed by atoms with van der Waals surface area (Å²) < 4.78 is 10.5. The topological polar surface area (TPSA) is 79.9 Å². The molecule has 2 amide bonds. The molecule has 7 nitrogen and oxygen atoms in total. The van der Waals surface area contributed by atoms with E-state index in [0.717, 1.165) is 31.1 Å². The number of likely N-dealkylation sites (tertiary alicyclic amines) is 1. The van der Waals surface area contributed by atoms with E-state index >= 15 is 0 Å². The SMILES string of the molecule is CC1CCN(Cc2cccc(CNC(=O)CNC(=O)c3ccc4c(c3)OCO4)c2)CC1. The Balaban J connectivity index is 1.22. The largest absolute Gasteiger partial charge is 0.454 e. The van der Waals surface area contributed by atoms with E-state index in [1.165, 1.54) is 18.4 Å². The highest BCUT2D eigenvalue weighted by atomic mass is 16.7. The van der Waals surface area contributed by atoms with Crippen molar-refractivity contribution in [1.82, 2.24) is 15.5 Å². The minimum Gasteiger partial charge on any atom is -0.454 e. The average Bonchev–Trinajstić information content (AvgIpc) is 3.26. The molecule has 2 heterocycles. The zero-order valence-corrected chi connectivity index (χ0v) is 17.9. The number of nitrogens with one attached hydrogen (secondary N) is 2. The summed E-state index contributed by atoms with van der Waals surface area (Å²) in [5.41, 5.74) is 2.74. The number of nitrogens with zero attached hydrogens (tertiary/aromatic N) is 1. The van der Waals surface area contributed by atoms with Gasteiger partial charge < -0.3 is 20.1 Å². The van der Waals surface area contributed by atoms with Gasteiger partial charge >= 0.3 is 0 Å². The maximum Gasteiger partial charge on any atom is 0.251 e. The maximum absolute atomic E-state index is 12.3. The lowest BCUT2D eigenvalue weighted by Gasteiger charge is -2.30. The molecular weight excluding hydrogens is 394 g/mol. The summed E-state index contributed by atoms with van der Waals surface area (Å²) in [5, 5.41) is 5.51. The van der Waals surface area contributed by atoms with E-state index in [-0.39, 0.29) is 25.2 Å². The van der Waals surface area contributed by atoms with Crippen LogP contribution in [0.2, 0.25) is 0 Å². The molecule has 164 valence electrons. The molecule has 1 saturated heterocycles. The minimum absolute atomic E-state index is 0.0844. The second-order valence-electron chi connectivity index (χ2n) is 8.31. The van der Waals surface area contributed by atoms with E-state index in [9.17, 15) is 9.59 Å². The molecule has 2 aliphatic heterocycles. The number of benzene rings is 2. The lowest BCUT2D eigenvalue weighted by Crippen LogP contribution is -2.36. The maximum atomic E-state index is 12.3. The first-order chi connectivity index (χ1) is 15.1. The van der Waals surface area contributed by atoms with Crippen molar-refractivity contribution in [2.45, 2.75) is 32.9 Å². The summed E-state index contributed by atoms with van der Waals surface area (Å²) in [6, 6.07) is 13.3. The fourth-order valence-corrected chi connectivity index (χ4v) is 3.88. The Hall–Kier alpha value is -3.06. The van der Waals surface area contributed by atoms with Crippen LogP contribution in [-0.2, 0) is 17.9 Å². The minimum atomic E-state index is -0.328. The highest BCUT2D eigenvalue weighted by molar-refractivity contribution is 5.97. The number of piperidine rings is 1. The quantitative estimate of drug-likeness (QED) is 0.716. The Morgan fingerprint density at radius 2 is 1.77 bits per heavy atom. The number of ether oxygens (including phenoxy) is 2. The molecule has 0 radical (unpaired) electrons. The molecule has 2 aliphatic rings. The third-order valence-corrected chi connectivity index (χ3v) is 5.81. The van der Waals surface area contributed by atoms with Gasteiger partial charge in [-0.1, -0.05) is 31.2 Å². The Morgan fingerprint density at radius 1 is 1.00 bits per heavy atom. The van der Waals surface area contributed by atoms with Crippen LogP contribution in [0.1, 0.15) is 41.3 Å². The number of carbonyl (C=O) groups is 2. The predicted octanol–water partition coefficient (Wildman–Crippen LogP) is 2.69. The zero-order valence-electron chi connectivity index (χ0n) is 17.9. The van der Waals surface area contributed by atoms with Crippen LogP contribution < -0.4 is 20.1 Å². The molecule has 0 spiro atoms. The second kappa shape index (κ2) is 9.83. The van der Waals surface area contributed by atoms with Crippen molar-refractivity contribution in [3.63, 3.8) is 0 Å². The lowest BCUT2D eigenvalue weighted by atomic mass is 9.98. The summed E-state index contributed by atoms with van der Waals surface area (Å²) in [6.07, 6.45) is 2.52. The molecule has 0 atom stereocenters. The van der Waals surface area contributed by atoms with Crippen LogP contribution >= 0.6 is 0 Å². The van der Waals surface area contributed by atoms with Gasteiger partial charge in [0, 0.05) is 18.7 Å². The van der Waals surface area contributed by atoms with Crippen LogP contribution in [-0.4, -0.2) is 43.1 Å². The smallest absolute Gasteiger partial charge is 0.251 e. The van der Waals surface area contributed by atoms with Crippen molar-refractivity contribution in [3.05, 3.63) is 59.2 Å². The van der Waals surface area contributed by atoms with Crippen molar-refractivity contribution >= 4 is 11.8 Å². The first-order valence-corrected chi connectivity index (χ1v) is 10.8. The summed E-state index contributed by atoms with van der Waals surface area (Å²) in [4.78, 5) is 27.0. The van der Waals surface area contributed by atoms with Crippen LogP contribution in [0.3, 0.4) is 0 Å². The highest BCUT2D eigenvalue weighted by Crippen LogP contribution is 2.32. The number of carbonyl (C=O) groups excluding carboxylic acids is 2. The molecule has 31 heavy (non-hydrogen) atoms. The molecule has 0 saturated carbocycles. The predicted molar refractivity (Wildman–Crippen MR) is 117 cm³/mol. The van der Waals surface area contributed by atoms with Crippen molar-refractivity contribution in [1.29, 1.82) is 0 Å². The molecule has 1 fully saturated rings. The van der Waals surface area contributed by atoms with Gasteiger partial charge in [-0.05, 0) is 61.2 Å². The molecule has 2 aromatic carbocycles. The fraction of sp³-hybridized carbons (Fsp3) is 0.417. The molecule has 2 aromatic rings. The number of fused-ring (bicyclic) bond motifs is 1. The van der Waals surface area contributed by atoms with Gasteiger partial charge in [-0.25, -0.2) is 0 Å². The second-order valence-corrected chi connectivity index (χ2v) is 8.31. The van der Waals surface area contributed by atoms with Crippen LogP contribution in [0.5, 0.6) is 11.5 Å². The number of hydrogen-bond donors (Lipinski definition) is 2. The molecule has 0 bridgehead atoms. The molecule has 0 aromatic heterocycles. The molecule has 0 aliphatic carbocycles. The van der Waals surface area contributed by atoms with Crippen LogP contribution in [0.25, 0.3) is 0 Å². The van der Waals surface area contributed by atoms with Crippen molar-refractivity contribution in [3.8, 4) is 11.5 Å². The number of rotatable bonds is 7. The average molecular weight is 424 g/mol. The molecule has 7 heteroatoms. The monoisotopic (exact) mass is 423 g/mol. The Labute approximate surface area is 182 Å². The number of hydrogen-bond acceptors (Lipinski definition) is 5. The van der Waals surface area contributed by atoms with Gasteiger partial charge in [-0.15, -0.1) is 0 Å². The van der Waals surface area contributed by atoms with Gasteiger partial charge in [0.25, 0.3) is 5.91 Å². The Morgan fingerprint density at radius 3 is 2.61 bits per heavy atom. The van der Waals surface area contributed by atoms with Crippen LogP contribution in [0.4, 0.5) is 0 Å². The summed E-state index contributed by atoms with van der Waals surface area (Å²) in [7, 11) is 0. The first-order valence-electron chi connectivity index (χ1n) is 10.8. The van der Waals surface area contributed by atoms with E-state index in [0.29, 0.717) is 23.6 Å². The lowest BCUT2D eigenvalue weighted by molar-refractivity contribution is -0.120. The Kier molecular flexibility index (Phi) is 6.72.